The Hall–Kier alpha value is -2.14. The van der Waals surface area contributed by atoms with Gasteiger partial charge in [-0.25, -0.2) is 0 Å². The van der Waals surface area contributed by atoms with Crippen LogP contribution in [0.25, 0.3) is 0 Å². The van der Waals surface area contributed by atoms with Crippen LogP contribution in [0, 0.1) is 5.92 Å². The lowest BCUT2D eigenvalue weighted by atomic mass is 10.2. The molecule has 1 heterocycles. The third kappa shape index (κ3) is 9.47. The summed E-state index contributed by atoms with van der Waals surface area (Å²) in [6, 6.07) is 17.6. The molecule has 0 spiro atoms. The van der Waals surface area contributed by atoms with Crippen molar-refractivity contribution in [2.75, 3.05) is 5.75 Å². The predicted octanol–water partition coefficient (Wildman–Crippen LogP) is 3.30. The van der Waals surface area contributed by atoms with Crippen molar-refractivity contribution in [2.45, 2.75) is 20.4 Å². The number of nitrogens with one attached hydrogen (secondary N) is 1. The third-order valence-corrected chi connectivity index (χ3v) is 3.89. The topological polar surface area (TPSA) is 59.1 Å². The Morgan fingerprint density at radius 1 is 1.09 bits per heavy atom. The average Bonchev–Trinajstić information content (AvgIpc) is 2.60. The molecule has 0 aliphatic carbocycles. The van der Waals surface area contributed by atoms with E-state index in [0.29, 0.717) is 12.3 Å². The molecule has 5 heteroatoms. The summed E-state index contributed by atoms with van der Waals surface area (Å²) in [5.41, 5.74) is 0.826. The van der Waals surface area contributed by atoms with E-state index in [9.17, 15) is 9.59 Å². The highest BCUT2D eigenvalue weighted by Gasteiger charge is 2.13. The molecule has 1 unspecified atom stereocenters. The summed E-state index contributed by atoms with van der Waals surface area (Å²) in [5.74, 6) is 0.292. The van der Waals surface area contributed by atoms with Crippen LogP contribution in [-0.4, -0.2) is 21.8 Å². The Morgan fingerprint density at radius 2 is 1.70 bits per heavy atom. The molecular weight excluding hydrogens is 308 g/mol. The van der Waals surface area contributed by atoms with Crippen LogP contribution in [0.15, 0.2) is 60.8 Å². The fourth-order valence-electron chi connectivity index (χ4n) is 1.56. The zero-order valence-corrected chi connectivity index (χ0v) is 14.3. The molecule has 2 rings (SSSR count). The summed E-state index contributed by atoms with van der Waals surface area (Å²) in [5, 5.41) is 2.83. The lowest BCUT2D eigenvalue weighted by Crippen LogP contribution is -2.30. The zero-order chi connectivity index (χ0) is 16.9. The second kappa shape index (κ2) is 11.4. The predicted molar refractivity (Wildman–Crippen MR) is 94.8 cm³/mol. The number of benzene rings is 1. The van der Waals surface area contributed by atoms with Gasteiger partial charge in [-0.2, -0.15) is 0 Å². The molecule has 1 N–H and O–H groups in total. The van der Waals surface area contributed by atoms with Crippen molar-refractivity contribution >= 4 is 22.8 Å². The summed E-state index contributed by atoms with van der Waals surface area (Å²) in [7, 11) is 0. The van der Waals surface area contributed by atoms with Crippen LogP contribution in [0.1, 0.15) is 19.5 Å². The molecule has 0 aliphatic heterocycles. The van der Waals surface area contributed by atoms with Crippen molar-refractivity contribution < 1.29 is 9.59 Å². The van der Waals surface area contributed by atoms with Gasteiger partial charge in [-0.15, -0.1) is 0 Å². The summed E-state index contributed by atoms with van der Waals surface area (Å²) in [4.78, 5) is 26.5. The fourth-order valence-corrected chi connectivity index (χ4v) is 2.19. The van der Waals surface area contributed by atoms with E-state index in [4.69, 9.17) is 0 Å². The molecule has 1 atom stereocenters. The van der Waals surface area contributed by atoms with Crippen LogP contribution in [0.4, 0.5) is 0 Å². The first-order valence-corrected chi connectivity index (χ1v) is 8.39. The van der Waals surface area contributed by atoms with Gasteiger partial charge in [-0.05, 0) is 12.1 Å². The van der Waals surface area contributed by atoms with Crippen LogP contribution >= 0.6 is 11.8 Å². The highest BCUT2D eigenvalue weighted by atomic mass is 32.2. The van der Waals surface area contributed by atoms with Crippen LogP contribution in [0.3, 0.4) is 0 Å². The number of aromatic nitrogens is 1. The van der Waals surface area contributed by atoms with E-state index < -0.39 is 0 Å². The molecule has 122 valence electrons. The largest absolute Gasteiger partial charge is 0.350 e. The number of nitrogens with zero attached hydrogens (tertiary/aromatic N) is 1. The first-order chi connectivity index (χ1) is 11.1. The fraction of sp³-hybridized carbons (Fsp3) is 0.278. The van der Waals surface area contributed by atoms with Crippen molar-refractivity contribution in [1.82, 2.24) is 10.3 Å². The van der Waals surface area contributed by atoms with Gasteiger partial charge < -0.3 is 5.32 Å². The van der Waals surface area contributed by atoms with Gasteiger partial charge in [0, 0.05) is 24.8 Å². The van der Waals surface area contributed by atoms with Crippen LogP contribution in [0.2, 0.25) is 0 Å². The van der Waals surface area contributed by atoms with Crippen molar-refractivity contribution in [1.29, 1.82) is 0 Å². The second-order valence-corrected chi connectivity index (χ2v) is 6.09. The van der Waals surface area contributed by atoms with Crippen LogP contribution in [0.5, 0.6) is 0 Å². The summed E-state index contributed by atoms with van der Waals surface area (Å²) < 4.78 is 0. The first kappa shape index (κ1) is 18.9. The third-order valence-electron chi connectivity index (χ3n) is 2.82. The van der Waals surface area contributed by atoms with E-state index in [2.05, 4.69) is 10.3 Å². The highest BCUT2D eigenvalue weighted by Crippen LogP contribution is 2.09. The minimum atomic E-state index is -0.174. The minimum absolute atomic E-state index is 0.0365. The molecule has 4 nitrogen and oxygen atoms in total. The average molecular weight is 330 g/mol. The SMILES string of the molecule is CC(=O)SCC(C)C(=O)NCc1ccccn1.c1ccccc1. The number of hydrogen-bond donors (Lipinski definition) is 1. The molecule has 0 saturated heterocycles. The molecule has 1 amide bonds. The number of carbonyl (C=O) groups excluding carboxylic acids is 2. The highest BCUT2D eigenvalue weighted by molar-refractivity contribution is 8.13. The first-order valence-electron chi connectivity index (χ1n) is 7.40. The molecule has 1 aromatic carbocycles. The Balaban J connectivity index is 0.000000366. The Kier molecular flexibility index (Phi) is 9.40. The number of carbonyl (C=O) groups is 2. The Labute approximate surface area is 141 Å². The van der Waals surface area contributed by atoms with Crippen molar-refractivity contribution in [3.63, 3.8) is 0 Å². The van der Waals surface area contributed by atoms with Gasteiger partial charge in [0.1, 0.15) is 0 Å². The van der Waals surface area contributed by atoms with Crippen molar-refractivity contribution in [2.24, 2.45) is 5.92 Å². The summed E-state index contributed by atoms with van der Waals surface area (Å²) in [6.45, 7) is 3.74. The van der Waals surface area contributed by atoms with Crippen LogP contribution in [-0.2, 0) is 16.1 Å². The van der Waals surface area contributed by atoms with Gasteiger partial charge in [0.05, 0.1) is 12.2 Å². The van der Waals surface area contributed by atoms with Gasteiger partial charge in [0.2, 0.25) is 5.91 Å². The molecule has 0 aliphatic rings. The Morgan fingerprint density at radius 3 is 2.17 bits per heavy atom. The molecule has 0 bridgehead atoms. The number of pyridine rings is 1. The maximum Gasteiger partial charge on any atom is 0.223 e. The lowest BCUT2D eigenvalue weighted by Gasteiger charge is -2.10. The lowest BCUT2D eigenvalue weighted by molar-refractivity contribution is -0.124. The van der Waals surface area contributed by atoms with E-state index in [-0.39, 0.29) is 16.9 Å². The van der Waals surface area contributed by atoms with Crippen molar-refractivity contribution in [3.05, 3.63) is 66.5 Å². The normalized spacial score (nSPS) is 10.9. The minimum Gasteiger partial charge on any atom is -0.350 e. The molecule has 0 radical (unpaired) electrons. The number of amides is 1. The van der Waals surface area contributed by atoms with E-state index in [1.54, 1.807) is 6.20 Å². The number of thioether (sulfide) groups is 1. The van der Waals surface area contributed by atoms with E-state index in [1.165, 1.54) is 18.7 Å². The monoisotopic (exact) mass is 330 g/mol. The van der Waals surface area contributed by atoms with E-state index in [1.807, 2.05) is 61.5 Å². The molecule has 23 heavy (non-hydrogen) atoms. The number of rotatable bonds is 5. The van der Waals surface area contributed by atoms with Gasteiger partial charge in [0.25, 0.3) is 0 Å². The van der Waals surface area contributed by atoms with Crippen LogP contribution < -0.4 is 5.32 Å². The summed E-state index contributed by atoms with van der Waals surface area (Å²) >= 11 is 1.17. The van der Waals surface area contributed by atoms with Crippen molar-refractivity contribution in [3.8, 4) is 0 Å². The van der Waals surface area contributed by atoms with Gasteiger partial charge in [0.15, 0.2) is 5.12 Å². The van der Waals surface area contributed by atoms with Gasteiger partial charge in [-0.1, -0.05) is 61.2 Å². The van der Waals surface area contributed by atoms with E-state index in [0.717, 1.165) is 5.69 Å². The second-order valence-electron chi connectivity index (χ2n) is 4.90. The van der Waals surface area contributed by atoms with E-state index >= 15 is 0 Å². The summed E-state index contributed by atoms with van der Waals surface area (Å²) in [6.07, 6.45) is 1.69. The molecule has 0 fully saturated rings. The molecular formula is C18H22N2O2S. The number of hydrogen-bond acceptors (Lipinski definition) is 4. The molecule has 1 aromatic heterocycles. The zero-order valence-electron chi connectivity index (χ0n) is 13.4. The maximum absolute atomic E-state index is 11.7. The quantitative estimate of drug-likeness (QED) is 0.914. The Bertz CT molecular complexity index is 549. The smallest absolute Gasteiger partial charge is 0.223 e. The van der Waals surface area contributed by atoms with Gasteiger partial charge >= 0.3 is 0 Å². The molecule has 2 aromatic rings. The molecule has 0 saturated carbocycles. The van der Waals surface area contributed by atoms with Gasteiger partial charge in [-0.3, -0.25) is 14.6 Å². The maximum atomic E-state index is 11.7. The standard InChI is InChI=1S/C12H16N2O2S.C6H6/c1-9(8-17-10(2)15)12(16)14-7-11-5-3-4-6-13-11;1-2-4-6-5-3-1/h3-6,9H,7-8H2,1-2H3,(H,14,16);1-6H.